The van der Waals surface area contributed by atoms with E-state index in [2.05, 4.69) is 26.5 Å². The van der Waals surface area contributed by atoms with Gasteiger partial charge in [0.1, 0.15) is 0 Å². The molecule has 0 saturated carbocycles. The maximum Gasteiger partial charge on any atom is 0.224 e. The third-order valence-corrected chi connectivity index (χ3v) is 5.97. The molecule has 2 aromatic rings. The van der Waals surface area contributed by atoms with Gasteiger partial charge in [-0.25, -0.2) is 0 Å². The van der Waals surface area contributed by atoms with Crippen LogP contribution < -0.4 is 10.2 Å². The number of hydrogen-bond acceptors (Lipinski definition) is 4. The van der Waals surface area contributed by atoms with Crippen LogP contribution in [0.25, 0.3) is 11.3 Å². The van der Waals surface area contributed by atoms with Gasteiger partial charge in [0.05, 0.1) is 11.6 Å². The summed E-state index contributed by atoms with van der Waals surface area (Å²) in [7, 11) is 0. The molecule has 1 fully saturated rings. The Kier molecular flexibility index (Phi) is 6.55. The lowest BCUT2D eigenvalue weighted by Gasteiger charge is -2.32. The van der Waals surface area contributed by atoms with Crippen LogP contribution in [0.4, 0.5) is 5.82 Å². The molecule has 1 saturated heterocycles. The molecule has 2 aliphatic rings. The second-order valence-electron chi connectivity index (χ2n) is 8.08. The third kappa shape index (κ3) is 5.22. The summed E-state index contributed by atoms with van der Waals surface area (Å²) >= 11 is 0. The summed E-state index contributed by atoms with van der Waals surface area (Å²) in [5.74, 6) is 1.06. The maximum atomic E-state index is 12.7. The zero-order valence-corrected chi connectivity index (χ0v) is 17.0. The van der Waals surface area contributed by atoms with Crippen molar-refractivity contribution in [3.05, 3.63) is 54.1 Å². The highest BCUT2D eigenvalue weighted by molar-refractivity contribution is 5.79. The molecular formula is C24H30N4O. The average molecular weight is 391 g/mol. The van der Waals surface area contributed by atoms with Crippen LogP contribution in [0.1, 0.15) is 44.9 Å². The lowest BCUT2D eigenvalue weighted by molar-refractivity contribution is -0.125. The molecule has 2 heterocycles. The smallest absolute Gasteiger partial charge is 0.224 e. The van der Waals surface area contributed by atoms with E-state index in [-0.39, 0.29) is 11.8 Å². The molecule has 1 aliphatic carbocycles. The minimum absolute atomic E-state index is 0.0275. The Hall–Kier alpha value is -2.69. The molecule has 29 heavy (non-hydrogen) atoms. The quantitative estimate of drug-likeness (QED) is 0.744. The number of anilines is 1. The predicted molar refractivity (Wildman–Crippen MR) is 117 cm³/mol. The summed E-state index contributed by atoms with van der Waals surface area (Å²) < 4.78 is 0. The van der Waals surface area contributed by atoms with Gasteiger partial charge in [-0.05, 0) is 57.1 Å². The number of allylic oxidation sites excluding steroid dienone is 1. The lowest BCUT2D eigenvalue weighted by atomic mass is 9.96. The van der Waals surface area contributed by atoms with Gasteiger partial charge in [-0.3, -0.25) is 4.79 Å². The Morgan fingerprint density at radius 2 is 1.97 bits per heavy atom. The van der Waals surface area contributed by atoms with Gasteiger partial charge in [0.15, 0.2) is 5.82 Å². The topological polar surface area (TPSA) is 58.1 Å². The molecule has 1 N–H and O–H groups in total. The second-order valence-corrected chi connectivity index (χ2v) is 8.08. The van der Waals surface area contributed by atoms with E-state index in [4.69, 9.17) is 0 Å². The SMILES string of the molecule is O=C(NCCC1=CCCCC1)C1CCCN(c2ccc(-c3ccccc3)nn2)C1. The Morgan fingerprint density at radius 3 is 2.72 bits per heavy atom. The van der Waals surface area contributed by atoms with E-state index in [1.807, 2.05) is 42.5 Å². The van der Waals surface area contributed by atoms with Crippen LogP contribution in [0, 0.1) is 5.92 Å². The minimum Gasteiger partial charge on any atom is -0.355 e. The number of aromatic nitrogens is 2. The van der Waals surface area contributed by atoms with Gasteiger partial charge in [-0.15, -0.1) is 10.2 Å². The molecule has 1 aliphatic heterocycles. The van der Waals surface area contributed by atoms with Crippen LogP contribution in [0.5, 0.6) is 0 Å². The molecule has 5 heteroatoms. The predicted octanol–water partition coefficient (Wildman–Crippen LogP) is 4.37. The first-order valence-electron chi connectivity index (χ1n) is 10.9. The zero-order chi connectivity index (χ0) is 19.9. The van der Waals surface area contributed by atoms with Gasteiger partial charge in [0.25, 0.3) is 0 Å². The molecular weight excluding hydrogens is 360 g/mol. The van der Waals surface area contributed by atoms with Crippen LogP contribution in [0.15, 0.2) is 54.1 Å². The van der Waals surface area contributed by atoms with E-state index >= 15 is 0 Å². The van der Waals surface area contributed by atoms with Crippen molar-refractivity contribution in [3.63, 3.8) is 0 Å². The normalized spacial score (nSPS) is 19.5. The molecule has 4 rings (SSSR count). The van der Waals surface area contributed by atoms with Crippen LogP contribution in [0.3, 0.4) is 0 Å². The van der Waals surface area contributed by atoms with Gasteiger partial charge in [0.2, 0.25) is 5.91 Å². The number of carbonyl (C=O) groups is 1. The molecule has 1 amide bonds. The second kappa shape index (κ2) is 9.68. The summed E-state index contributed by atoms with van der Waals surface area (Å²) in [5, 5.41) is 12.0. The number of nitrogens with one attached hydrogen (secondary N) is 1. The zero-order valence-electron chi connectivity index (χ0n) is 17.0. The van der Waals surface area contributed by atoms with Crippen LogP contribution in [-0.4, -0.2) is 35.7 Å². The van der Waals surface area contributed by atoms with Crippen molar-refractivity contribution in [2.45, 2.75) is 44.9 Å². The molecule has 0 spiro atoms. The van der Waals surface area contributed by atoms with E-state index in [9.17, 15) is 4.79 Å². The highest BCUT2D eigenvalue weighted by Crippen LogP contribution is 2.24. The van der Waals surface area contributed by atoms with Crippen molar-refractivity contribution in [1.82, 2.24) is 15.5 Å². The van der Waals surface area contributed by atoms with E-state index in [0.717, 1.165) is 49.4 Å². The minimum atomic E-state index is 0.0275. The standard InChI is InChI=1S/C24H30N4O/c29-24(25-16-15-19-8-3-1-4-9-19)21-12-7-17-28(18-21)23-14-13-22(26-27-23)20-10-5-2-6-11-20/h2,5-6,8,10-11,13-14,21H,1,3-4,7,9,12,15-18H2,(H,25,29). The van der Waals surface area contributed by atoms with Crippen molar-refractivity contribution >= 4 is 11.7 Å². The molecule has 0 bridgehead atoms. The Morgan fingerprint density at radius 1 is 1.07 bits per heavy atom. The first-order chi connectivity index (χ1) is 14.3. The fourth-order valence-electron chi connectivity index (χ4n) is 4.28. The fourth-order valence-corrected chi connectivity index (χ4v) is 4.28. The van der Waals surface area contributed by atoms with Gasteiger partial charge < -0.3 is 10.2 Å². The maximum absolute atomic E-state index is 12.7. The van der Waals surface area contributed by atoms with E-state index in [1.165, 1.54) is 31.3 Å². The molecule has 1 unspecified atom stereocenters. The fraction of sp³-hybridized carbons (Fsp3) is 0.458. The molecule has 0 radical (unpaired) electrons. The first-order valence-corrected chi connectivity index (χ1v) is 10.9. The third-order valence-electron chi connectivity index (χ3n) is 5.97. The van der Waals surface area contributed by atoms with Gasteiger partial charge in [-0.1, -0.05) is 42.0 Å². The molecule has 5 nitrogen and oxygen atoms in total. The summed E-state index contributed by atoms with van der Waals surface area (Å²) in [6, 6.07) is 14.1. The number of hydrogen-bond donors (Lipinski definition) is 1. The lowest BCUT2D eigenvalue weighted by Crippen LogP contribution is -2.43. The van der Waals surface area contributed by atoms with Gasteiger partial charge >= 0.3 is 0 Å². The Labute approximate surface area is 173 Å². The van der Waals surface area contributed by atoms with Crippen LogP contribution in [0.2, 0.25) is 0 Å². The highest BCUT2D eigenvalue weighted by atomic mass is 16.1. The van der Waals surface area contributed by atoms with Gasteiger partial charge in [0, 0.05) is 25.2 Å². The molecule has 1 atom stereocenters. The van der Waals surface area contributed by atoms with Crippen molar-refractivity contribution < 1.29 is 4.79 Å². The van der Waals surface area contributed by atoms with Crippen molar-refractivity contribution in [3.8, 4) is 11.3 Å². The number of carbonyl (C=O) groups excluding carboxylic acids is 1. The summed E-state index contributed by atoms with van der Waals surface area (Å²) in [6.07, 6.45) is 10.3. The van der Waals surface area contributed by atoms with E-state index < -0.39 is 0 Å². The highest BCUT2D eigenvalue weighted by Gasteiger charge is 2.26. The monoisotopic (exact) mass is 390 g/mol. The Bertz CT molecular complexity index is 832. The average Bonchev–Trinajstić information content (AvgIpc) is 2.80. The molecule has 1 aromatic carbocycles. The van der Waals surface area contributed by atoms with Crippen LogP contribution >= 0.6 is 0 Å². The number of rotatable bonds is 6. The van der Waals surface area contributed by atoms with E-state index in [0.29, 0.717) is 6.54 Å². The Balaban J connectivity index is 1.30. The number of amides is 1. The molecule has 152 valence electrons. The summed E-state index contributed by atoms with van der Waals surface area (Å²) in [4.78, 5) is 14.9. The summed E-state index contributed by atoms with van der Waals surface area (Å²) in [5.41, 5.74) is 3.45. The van der Waals surface area contributed by atoms with Crippen molar-refractivity contribution in [2.75, 3.05) is 24.5 Å². The number of piperidine rings is 1. The van der Waals surface area contributed by atoms with Crippen LogP contribution in [-0.2, 0) is 4.79 Å². The van der Waals surface area contributed by atoms with Crippen molar-refractivity contribution in [2.24, 2.45) is 5.92 Å². The van der Waals surface area contributed by atoms with E-state index in [1.54, 1.807) is 0 Å². The number of benzene rings is 1. The number of nitrogens with zero attached hydrogens (tertiary/aromatic N) is 3. The molecule has 1 aromatic heterocycles. The van der Waals surface area contributed by atoms with Gasteiger partial charge in [-0.2, -0.15) is 0 Å². The first kappa shape index (κ1) is 19.6. The largest absolute Gasteiger partial charge is 0.355 e. The summed E-state index contributed by atoms with van der Waals surface area (Å²) in [6.45, 7) is 2.40. The van der Waals surface area contributed by atoms with Crippen molar-refractivity contribution in [1.29, 1.82) is 0 Å².